The number of hydrogen-bond donors (Lipinski definition) is 1. The number of anilines is 1. The average Bonchev–Trinajstić information content (AvgIpc) is 2.90. The Morgan fingerprint density at radius 2 is 2.14 bits per heavy atom. The molecule has 0 fully saturated rings. The molecule has 1 aromatic carbocycles. The van der Waals surface area contributed by atoms with E-state index in [1.807, 2.05) is 55.6 Å². The molecule has 0 unspecified atom stereocenters. The van der Waals surface area contributed by atoms with Crippen molar-refractivity contribution in [3.05, 3.63) is 57.3 Å². The van der Waals surface area contributed by atoms with Crippen LogP contribution in [0.3, 0.4) is 0 Å². The van der Waals surface area contributed by atoms with E-state index in [4.69, 9.17) is 0 Å². The molecule has 1 heterocycles. The third-order valence-electron chi connectivity index (χ3n) is 3.19. The summed E-state index contributed by atoms with van der Waals surface area (Å²) in [5, 5.41) is 14.0. The molecule has 0 radical (unpaired) electrons. The number of para-hydroxylation sites is 1. The summed E-state index contributed by atoms with van der Waals surface area (Å²) in [5.74, 6) is -0.369. The Labute approximate surface area is 128 Å². The van der Waals surface area contributed by atoms with Gasteiger partial charge in [0.2, 0.25) is 0 Å². The Hall–Kier alpha value is -2.38. The Kier molecular flexibility index (Phi) is 4.91. The molecule has 106 valence electrons. The van der Waals surface area contributed by atoms with Crippen molar-refractivity contribution in [3.8, 4) is 6.07 Å². The lowest BCUT2D eigenvalue weighted by Crippen LogP contribution is -2.14. The van der Waals surface area contributed by atoms with Crippen molar-refractivity contribution in [2.75, 3.05) is 5.32 Å². The van der Waals surface area contributed by atoms with E-state index in [0.717, 1.165) is 28.1 Å². The number of aryl methyl sites for hydroxylation is 2. The summed E-state index contributed by atoms with van der Waals surface area (Å²) in [4.78, 5) is 13.2. The predicted molar refractivity (Wildman–Crippen MR) is 87.1 cm³/mol. The molecule has 0 atom stereocenters. The number of nitriles is 1. The minimum absolute atomic E-state index is 0.117. The summed E-state index contributed by atoms with van der Waals surface area (Å²) in [6.45, 7) is 3.99. The van der Waals surface area contributed by atoms with Crippen molar-refractivity contribution in [1.29, 1.82) is 5.26 Å². The minimum Gasteiger partial charge on any atom is -0.321 e. The highest BCUT2D eigenvalue weighted by Crippen LogP contribution is 2.20. The smallest absolute Gasteiger partial charge is 0.266 e. The van der Waals surface area contributed by atoms with Crippen LogP contribution >= 0.6 is 11.3 Å². The Bertz CT molecular complexity index is 722. The molecule has 3 nitrogen and oxygen atoms in total. The molecule has 0 aliphatic heterocycles. The molecule has 0 saturated heterocycles. The van der Waals surface area contributed by atoms with Gasteiger partial charge in [0.15, 0.2) is 0 Å². The highest BCUT2D eigenvalue weighted by molar-refractivity contribution is 7.11. The maximum Gasteiger partial charge on any atom is 0.266 e. The first-order chi connectivity index (χ1) is 10.2. The number of nitrogens with one attached hydrogen (secondary N) is 1. The van der Waals surface area contributed by atoms with Crippen LogP contribution in [0.25, 0.3) is 6.08 Å². The maximum absolute atomic E-state index is 12.3. The molecule has 1 amide bonds. The molecule has 0 aliphatic carbocycles. The van der Waals surface area contributed by atoms with E-state index in [0.29, 0.717) is 0 Å². The third kappa shape index (κ3) is 3.59. The van der Waals surface area contributed by atoms with Crippen LogP contribution in [0.1, 0.15) is 22.9 Å². The first-order valence-electron chi connectivity index (χ1n) is 6.70. The standard InChI is InChI=1S/C17H16N2OS/c1-3-13-6-4-5-7-15(13)19-17(20)14(11-18)10-16-12(2)8-9-21-16/h4-10H,3H2,1-2H3,(H,19,20)/b14-10+. The van der Waals surface area contributed by atoms with Gasteiger partial charge in [-0.3, -0.25) is 4.79 Å². The summed E-state index contributed by atoms with van der Waals surface area (Å²) in [6, 6.07) is 11.6. The van der Waals surface area contributed by atoms with Crippen molar-refractivity contribution in [2.45, 2.75) is 20.3 Å². The molecule has 2 aromatic rings. The second-order valence-corrected chi connectivity index (χ2v) is 5.55. The molecule has 0 bridgehead atoms. The van der Waals surface area contributed by atoms with Gasteiger partial charge in [0.1, 0.15) is 11.6 Å². The van der Waals surface area contributed by atoms with Crippen LogP contribution < -0.4 is 5.32 Å². The topological polar surface area (TPSA) is 52.9 Å². The fourth-order valence-electron chi connectivity index (χ4n) is 1.95. The second-order valence-electron chi connectivity index (χ2n) is 4.60. The van der Waals surface area contributed by atoms with Gasteiger partial charge < -0.3 is 5.32 Å². The van der Waals surface area contributed by atoms with Crippen LogP contribution in [0, 0.1) is 18.3 Å². The number of carbonyl (C=O) groups excluding carboxylic acids is 1. The number of thiophene rings is 1. The Morgan fingerprint density at radius 1 is 1.38 bits per heavy atom. The van der Waals surface area contributed by atoms with Gasteiger partial charge in [-0.2, -0.15) is 5.26 Å². The minimum atomic E-state index is -0.369. The number of rotatable bonds is 4. The quantitative estimate of drug-likeness (QED) is 0.680. The number of amides is 1. The molecule has 1 N–H and O–H groups in total. The number of nitrogens with zero attached hydrogens (tertiary/aromatic N) is 1. The lowest BCUT2D eigenvalue weighted by molar-refractivity contribution is -0.112. The molecule has 0 spiro atoms. The van der Waals surface area contributed by atoms with Crippen molar-refractivity contribution in [1.82, 2.24) is 0 Å². The zero-order valence-electron chi connectivity index (χ0n) is 12.0. The molecule has 2 rings (SSSR count). The van der Waals surface area contributed by atoms with Gasteiger partial charge in [-0.15, -0.1) is 11.3 Å². The number of benzene rings is 1. The highest BCUT2D eigenvalue weighted by Gasteiger charge is 2.12. The van der Waals surface area contributed by atoms with Crippen LogP contribution in [0.15, 0.2) is 41.3 Å². The molecular formula is C17H16N2OS. The average molecular weight is 296 g/mol. The van der Waals surface area contributed by atoms with Crippen molar-refractivity contribution < 1.29 is 4.79 Å². The number of hydrogen-bond acceptors (Lipinski definition) is 3. The predicted octanol–water partition coefficient (Wildman–Crippen LogP) is 4.16. The van der Waals surface area contributed by atoms with Crippen LogP contribution in [0.4, 0.5) is 5.69 Å². The second kappa shape index (κ2) is 6.87. The van der Waals surface area contributed by atoms with Gasteiger partial charge in [-0.25, -0.2) is 0 Å². The van der Waals surface area contributed by atoms with E-state index in [1.54, 1.807) is 6.08 Å². The first-order valence-corrected chi connectivity index (χ1v) is 7.58. The molecule has 0 aliphatic rings. The third-order valence-corrected chi connectivity index (χ3v) is 4.15. The molecule has 4 heteroatoms. The lowest BCUT2D eigenvalue weighted by Gasteiger charge is -2.08. The van der Waals surface area contributed by atoms with Gasteiger partial charge in [-0.05, 0) is 48.1 Å². The van der Waals surface area contributed by atoms with Gasteiger partial charge in [0.25, 0.3) is 5.91 Å². The Morgan fingerprint density at radius 3 is 2.76 bits per heavy atom. The van der Waals surface area contributed by atoms with E-state index in [2.05, 4.69) is 5.32 Å². The molecule has 0 saturated carbocycles. The van der Waals surface area contributed by atoms with Gasteiger partial charge in [-0.1, -0.05) is 25.1 Å². The zero-order valence-corrected chi connectivity index (χ0v) is 12.8. The van der Waals surface area contributed by atoms with Gasteiger partial charge in [0, 0.05) is 10.6 Å². The van der Waals surface area contributed by atoms with E-state index < -0.39 is 0 Å². The van der Waals surface area contributed by atoms with E-state index in [9.17, 15) is 10.1 Å². The summed E-state index contributed by atoms with van der Waals surface area (Å²) >= 11 is 1.52. The summed E-state index contributed by atoms with van der Waals surface area (Å²) in [7, 11) is 0. The molecule has 1 aromatic heterocycles. The lowest BCUT2D eigenvalue weighted by atomic mass is 10.1. The maximum atomic E-state index is 12.3. The van der Waals surface area contributed by atoms with Crippen molar-refractivity contribution in [3.63, 3.8) is 0 Å². The van der Waals surface area contributed by atoms with E-state index in [1.165, 1.54) is 11.3 Å². The normalized spacial score (nSPS) is 11.0. The zero-order chi connectivity index (χ0) is 15.2. The molecule has 21 heavy (non-hydrogen) atoms. The van der Waals surface area contributed by atoms with Crippen LogP contribution in [-0.4, -0.2) is 5.91 Å². The van der Waals surface area contributed by atoms with Crippen LogP contribution in [0.5, 0.6) is 0 Å². The Balaban J connectivity index is 2.24. The highest BCUT2D eigenvalue weighted by atomic mass is 32.1. The van der Waals surface area contributed by atoms with Crippen LogP contribution in [0.2, 0.25) is 0 Å². The van der Waals surface area contributed by atoms with Crippen molar-refractivity contribution in [2.24, 2.45) is 0 Å². The van der Waals surface area contributed by atoms with E-state index >= 15 is 0 Å². The van der Waals surface area contributed by atoms with E-state index in [-0.39, 0.29) is 11.5 Å². The fraction of sp³-hybridized carbons (Fsp3) is 0.176. The van der Waals surface area contributed by atoms with Gasteiger partial charge >= 0.3 is 0 Å². The monoisotopic (exact) mass is 296 g/mol. The van der Waals surface area contributed by atoms with Gasteiger partial charge in [0.05, 0.1) is 0 Å². The SMILES string of the molecule is CCc1ccccc1NC(=O)/C(C#N)=C/c1sccc1C. The largest absolute Gasteiger partial charge is 0.321 e. The number of carbonyl (C=O) groups is 1. The molecular weight excluding hydrogens is 280 g/mol. The summed E-state index contributed by atoms with van der Waals surface area (Å²) < 4.78 is 0. The fourth-order valence-corrected chi connectivity index (χ4v) is 2.81. The van der Waals surface area contributed by atoms with Crippen LogP contribution in [-0.2, 0) is 11.2 Å². The van der Waals surface area contributed by atoms with Crippen molar-refractivity contribution >= 4 is 29.0 Å². The summed E-state index contributed by atoms with van der Waals surface area (Å²) in [5.41, 5.74) is 2.99. The first kappa shape index (κ1) is 15.0. The summed E-state index contributed by atoms with van der Waals surface area (Å²) in [6.07, 6.45) is 2.47.